The van der Waals surface area contributed by atoms with Gasteiger partial charge in [-0.3, -0.25) is 9.48 Å². The van der Waals surface area contributed by atoms with Gasteiger partial charge in [-0.15, -0.1) is 0 Å². The van der Waals surface area contributed by atoms with Gasteiger partial charge in [-0.05, 0) is 31.5 Å². The Morgan fingerprint density at radius 1 is 1.38 bits per heavy atom. The van der Waals surface area contributed by atoms with E-state index in [1.54, 1.807) is 29.1 Å². The number of rotatable bonds is 7. The van der Waals surface area contributed by atoms with E-state index < -0.39 is 0 Å². The van der Waals surface area contributed by atoms with E-state index in [2.05, 4.69) is 10.4 Å². The van der Waals surface area contributed by atoms with Crippen molar-refractivity contribution in [3.8, 4) is 0 Å². The number of amides is 1. The monoisotopic (exact) mass is 360 g/mol. The van der Waals surface area contributed by atoms with Gasteiger partial charge in [-0.25, -0.2) is 4.39 Å². The zero-order valence-corrected chi connectivity index (χ0v) is 14.8. The molecule has 1 aromatic carbocycles. The van der Waals surface area contributed by atoms with Crippen LogP contribution in [-0.2, 0) is 17.9 Å². The highest BCUT2D eigenvalue weighted by molar-refractivity contribution is 5.76. The number of halogens is 1. The number of aromatic nitrogens is 2. The fourth-order valence-electron chi connectivity index (χ4n) is 3.40. The van der Waals surface area contributed by atoms with Gasteiger partial charge in [-0.1, -0.05) is 18.2 Å². The Kier molecular flexibility index (Phi) is 6.35. The minimum atomic E-state index is -0.351. The van der Waals surface area contributed by atoms with Gasteiger partial charge in [0, 0.05) is 43.0 Å². The van der Waals surface area contributed by atoms with E-state index in [4.69, 9.17) is 0 Å². The molecule has 0 aliphatic carbocycles. The lowest BCUT2D eigenvalue weighted by molar-refractivity contribution is -0.133. The Morgan fingerprint density at radius 3 is 2.96 bits per heavy atom. The highest BCUT2D eigenvalue weighted by Crippen LogP contribution is 2.23. The number of carbonyl (C=O) groups is 1. The molecule has 3 rings (SSSR count). The number of aliphatic hydroxyl groups excluding tert-OH is 1. The molecule has 26 heavy (non-hydrogen) atoms. The Bertz CT molecular complexity index is 728. The molecular weight excluding hydrogens is 335 g/mol. The molecule has 2 heterocycles. The number of piperidine rings is 1. The van der Waals surface area contributed by atoms with E-state index in [1.165, 1.54) is 11.0 Å². The van der Waals surface area contributed by atoms with Crippen LogP contribution in [0.5, 0.6) is 0 Å². The number of nitrogens with zero attached hydrogens (tertiary/aromatic N) is 3. The largest absolute Gasteiger partial charge is 0.395 e. The van der Waals surface area contributed by atoms with Gasteiger partial charge in [0.05, 0.1) is 6.61 Å². The summed E-state index contributed by atoms with van der Waals surface area (Å²) in [5.74, 6) is -0.191. The van der Waals surface area contributed by atoms with Crippen LogP contribution in [-0.4, -0.2) is 51.9 Å². The first-order chi connectivity index (χ1) is 12.7. The molecule has 0 spiro atoms. The van der Waals surface area contributed by atoms with Gasteiger partial charge in [0.15, 0.2) is 0 Å². The second-order valence-electron chi connectivity index (χ2n) is 6.59. The topological polar surface area (TPSA) is 70.4 Å². The summed E-state index contributed by atoms with van der Waals surface area (Å²) in [4.78, 5) is 14.2. The lowest BCUT2D eigenvalue weighted by atomic mass is 9.96. The number of benzene rings is 1. The number of hydrogen-bond acceptors (Lipinski definition) is 4. The van der Waals surface area contributed by atoms with Gasteiger partial charge in [0.1, 0.15) is 12.4 Å². The van der Waals surface area contributed by atoms with Crippen molar-refractivity contribution in [2.24, 2.45) is 0 Å². The molecule has 0 saturated carbocycles. The third-order valence-electron chi connectivity index (χ3n) is 4.79. The molecule has 7 heteroatoms. The first-order valence-electron chi connectivity index (χ1n) is 9.03. The Hall–Kier alpha value is -2.25. The van der Waals surface area contributed by atoms with Crippen LogP contribution in [0.2, 0.25) is 0 Å². The van der Waals surface area contributed by atoms with Crippen molar-refractivity contribution in [1.82, 2.24) is 20.0 Å². The lowest BCUT2D eigenvalue weighted by Crippen LogP contribution is -2.37. The zero-order chi connectivity index (χ0) is 18.4. The Balaban J connectivity index is 1.70. The molecule has 1 atom stereocenters. The van der Waals surface area contributed by atoms with Gasteiger partial charge in [-0.2, -0.15) is 5.10 Å². The van der Waals surface area contributed by atoms with E-state index in [0.717, 1.165) is 31.6 Å². The summed E-state index contributed by atoms with van der Waals surface area (Å²) in [5.41, 5.74) is 1.48. The molecule has 6 nitrogen and oxygen atoms in total. The zero-order valence-electron chi connectivity index (χ0n) is 14.8. The summed E-state index contributed by atoms with van der Waals surface area (Å²) < 4.78 is 15.6. The minimum Gasteiger partial charge on any atom is -0.395 e. The van der Waals surface area contributed by atoms with Gasteiger partial charge in [0.25, 0.3) is 0 Å². The molecule has 1 aromatic heterocycles. The van der Waals surface area contributed by atoms with Crippen LogP contribution in [0, 0.1) is 5.82 Å². The van der Waals surface area contributed by atoms with E-state index in [9.17, 15) is 14.3 Å². The van der Waals surface area contributed by atoms with Crippen molar-refractivity contribution < 1.29 is 14.3 Å². The predicted octanol–water partition coefficient (Wildman–Crippen LogP) is 1.51. The average Bonchev–Trinajstić information content (AvgIpc) is 3.12. The summed E-state index contributed by atoms with van der Waals surface area (Å²) >= 11 is 0. The molecular formula is C19H25FN4O2. The molecule has 140 valence electrons. The second kappa shape index (κ2) is 8.91. The lowest BCUT2D eigenvalue weighted by Gasteiger charge is -2.25. The van der Waals surface area contributed by atoms with Crippen molar-refractivity contribution in [3.05, 3.63) is 53.6 Å². The van der Waals surface area contributed by atoms with Crippen LogP contribution >= 0.6 is 0 Å². The third kappa shape index (κ3) is 4.47. The normalized spacial score (nSPS) is 17.2. The Labute approximate surface area is 152 Å². The quantitative estimate of drug-likeness (QED) is 0.785. The van der Waals surface area contributed by atoms with E-state index in [0.29, 0.717) is 11.5 Å². The molecule has 0 radical (unpaired) electrons. The fourth-order valence-corrected chi connectivity index (χ4v) is 3.40. The number of hydrogen-bond donors (Lipinski definition) is 2. The first kappa shape index (κ1) is 18.5. The van der Waals surface area contributed by atoms with Crippen molar-refractivity contribution in [2.75, 3.05) is 26.2 Å². The van der Waals surface area contributed by atoms with Gasteiger partial charge in [0.2, 0.25) is 5.91 Å². The van der Waals surface area contributed by atoms with E-state index in [-0.39, 0.29) is 38.0 Å². The number of aliphatic hydroxyl groups is 1. The van der Waals surface area contributed by atoms with Gasteiger partial charge < -0.3 is 15.3 Å². The molecule has 0 unspecified atom stereocenters. The van der Waals surface area contributed by atoms with Crippen molar-refractivity contribution in [2.45, 2.75) is 31.8 Å². The molecule has 2 N–H and O–H groups in total. The van der Waals surface area contributed by atoms with Crippen LogP contribution in [0.4, 0.5) is 4.39 Å². The Morgan fingerprint density at radius 2 is 2.23 bits per heavy atom. The fraction of sp³-hybridized carbons (Fsp3) is 0.474. The standard InChI is InChI=1S/C19H25FN4O2/c20-17-6-2-1-4-16(17)13-23(10-11-25)19(26)14-24-18(7-9-22-24)15-5-3-8-21-12-15/h1-2,4,6-7,9,15,21,25H,3,5,8,10-14H2/t15-/m0/s1. The van der Waals surface area contributed by atoms with Crippen LogP contribution in [0.15, 0.2) is 36.5 Å². The second-order valence-corrected chi connectivity index (χ2v) is 6.59. The molecule has 1 aliphatic heterocycles. The summed E-state index contributed by atoms with van der Waals surface area (Å²) in [5, 5.41) is 17.0. The highest BCUT2D eigenvalue weighted by Gasteiger charge is 2.22. The van der Waals surface area contributed by atoms with Crippen molar-refractivity contribution in [1.29, 1.82) is 0 Å². The molecule has 0 bridgehead atoms. The summed E-state index contributed by atoms with van der Waals surface area (Å²) in [6, 6.07) is 8.34. The SMILES string of the molecule is O=C(Cn1nccc1[C@H]1CCCNC1)N(CCO)Cc1ccccc1F. The van der Waals surface area contributed by atoms with Crippen LogP contribution in [0.1, 0.15) is 30.0 Å². The smallest absolute Gasteiger partial charge is 0.244 e. The predicted molar refractivity (Wildman–Crippen MR) is 96.0 cm³/mol. The highest BCUT2D eigenvalue weighted by atomic mass is 19.1. The molecule has 2 aromatic rings. The minimum absolute atomic E-state index is 0.0906. The van der Waals surface area contributed by atoms with Gasteiger partial charge >= 0.3 is 0 Å². The number of carbonyl (C=O) groups excluding carboxylic acids is 1. The third-order valence-corrected chi connectivity index (χ3v) is 4.79. The molecule has 1 aliphatic rings. The van der Waals surface area contributed by atoms with Crippen LogP contribution < -0.4 is 5.32 Å². The van der Waals surface area contributed by atoms with Crippen LogP contribution in [0.3, 0.4) is 0 Å². The van der Waals surface area contributed by atoms with Crippen LogP contribution in [0.25, 0.3) is 0 Å². The average molecular weight is 360 g/mol. The maximum Gasteiger partial charge on any atom is 0.244 e. The number of nitrogens with one attached hydrogen (secondary N) is 1. The first-order valence-corrected chi connectivity index (χ1v) is 9.03. The van der Waals surface area contributed by atoms with Crippen molar-refractivity contribution in [3.63, 3.8) is 0 Å². The van der Waals surface area contributed by atoms with Crippen molar-refractivity contribution >= 4 is 5.91 Å². The summed E-state index contributed by atoms with van der Waals surface area (Å²) in [6.07, 6.45) is 3.89. The summed E-state index contributed by atoms with van der Waals surface area (Å²) in [6.45, 7) is 2.13. The molecule has 1 amide bonds. The maximum atomic E-state index is 13.9. The molecule has 1 fully saturated rings. The molecule has 1 saturated heterocycles. The van der Waals surface area contributed by atoms with E-state index in [1.807, 2.05) is 6.07 Å². The maximum absolute atomic E-state index is 13.9. The van der Waals surface area contributed by atoms with E-state index >= 15 is 0 Å². The summed E-state index contributed by atoms with van der Waals surface area (Å²) in [7, 11) is 0.